The number of amides is 2. The first kappa shape index (κ1) is 22.4. The minimum absolute atomic E-state index is 0.0561. The topological polar surface area (TPSA) is 78.4 Å². The largest absolute Gasteiger partial charge is 0.394 e. The zero-order valence-corrected chi connectivity index (χ0v) is 17.4. The molecule has 0 saturated heterocycles. The zero-order chi connectivity index (χ0) is 21.4. The molecule has 0 heterocycles. The maximum absolute atomic E-state index is 12.3. The molecule has 29 heavy (non-hydrogen) atoms. The molecule has 0 aliphatic carbocycles. The smallest absolute Gasteiger partial charge is 0.247 e. The second-order valence-corrected chi connectivity index (χ2v) is 8.06. The number of aliphatic hydroxyl groups excluding tert-OH is 1. The maximum Gasteiger partial charge on any atom is 0.247 e. The van der Waals surface area contributed by atoms with Gasteiger partial charge in [0.25, 0.3) is 0 Å². The van der Waals surface area contributed by atoms with Crippen LogP contribution in [-0.4, -0.2) is 23.5 Å². The van der Waals surface area contributed by atoms with Crippen LogP contribution in [0.4, 0.5) is 5.69 Å². The molecule has 0 aliphatic heterocycles. The lowest BCUT2D eigenvalue weighted by atomic mass is 9.86. The molecule has 0 aromatic heterocycles. The second-order valence-electron chi connectivity index (χ2n) is 8.06. The van der Waals surface area contributed by atoms with Gasteiger partial charge in [0.05, 0.1) is 12.6 Å². The van der Waals surface area contributed by atoms with Gasteiger partial charge >= 0.3 is 0 Å². The molecule has 5 nitrogen and oxygen atoms in total. The predicted molar refractivity (Wildman–Crippen MR) is 117 cm³/mol. The Balaban J connectivity index is 1.90. The summed E-state index contributed by atoms with van der Waals surface area (Å²) < 4.78 is 0. The Labute approximate surface area is 172 Å². The van der Waals surface area contributed by atoms with Crippen molar-refractivity contribution >= 4 is 17.5 Å². The van der Waals surface area contributed by atoms with Crippen molar-refractivity contribution in [2.75, 3.05) is 11.9 Å². The van der Waals surface area contributed by atoms with Gasteiger partial charge in [-0.1, -0.05) is 63.7 Å². The first-order chi connectivity index (χ1) is 13.7. The van der Waals surface area contributed by atoms with Gasteiger partial charge < -0.3 is 15.7 Å². The van der Waals surface area contributed by atoms with Crippen LogP contribution in [-0.2, 0) is 21.4 Å². The highest BCUT2D eigenvalue weighted by Crippen LogP contribution is 2.24. The van der Waals surface area contributed by atoms with Crippen LogP contribution in [0.2, 0.25) is 0 Å². The van der Waals surface area contributed by atoms with Crippen LogP contribution in [0.5, 0.6) is 0 Å². The van der Waals surface area contributed by atoms with Crippen LogP contribution in [0.1, 0.15) is 49.9 Å². The number of rotatable bonds is 8. The highest BCUT2D eigenvalue weighted by molar-refractivity contribution is 5.98. The molecule has 0 bridgehead atoms. The summed E-state index contributed by atoms with van der Waals surface area (Å²) in [7, 11) is 0. The lowest BCUT2D eigenvalue weighted by Crippen LogP contribution is -2.31. The van der Waals surface area contributed by atoms with Crippen LogP contribution in [0.3, 0.4) is 0 Å². The van der Waals surface area contributed by atoms with Gasteiger partial charge in [0, 0.05) is 12.1 Å². The molecule has 0 spiro atoms. The molecule has 2 aromatic rings. The number of nitrogens with one attached hydrogen (secondary N) is 2. The molecule has 1 unspecified atom stereocenters. The minimum atomic E-state index is -0.423. The Kier molecular flexibility index (Phi) is 7.74. The van der Waals surface area contributed by atoms with Crippen molar-refractivity contribution in [2.24, 2.45) is 0 Å². The van der Waals surface area contributed by atoms with Crippen molar-refractivity contribution in [2.45, 2.75) is 45.1 Å². The molecule has 3 N–H and O–H groups in total. The molecule has 154 valence electrons. The van der Waals surface area contributed by atoms with E-state index in [2.05, 4.69) is 38.0 Å². The fourth-order valence-corrected chi connectivity index (χ4v) is 2.92. The van der Waals surface area contributed by atoms with E-state index in [1.54, 1.807) is 12.1 Å². The fourth-order valence-electron chi connectivity index (χ4n) is 2.92. The van der Waals surface area contributed by atoms with Crippen molar-refractivity contribution < 1.29 is 14.7 Å². The molecule has 5 heteroatoms. The quantitative estimate of drug-likeness (QED) is 0.595. The van der Waals surface area contributed by atoms with E-state index in [1.165, 1.54) is 11.6 Å². The van der Waals surface area contributed by atoms with E-state index in [0.717, 1.165) is 11.1 Å². The second kappa shape index (κ2) is 10.0. The van der Waals surface area contributed by atoms with Gasteiger partial charge in [-0.15, -0.1) is 0 Å². The van der Waals surface area contributed by atoms with Gasteiger partial charge in [0.2, 0.25) is 11.8 Å². The standard InChI is InChI=1S/C24H30N2O3/c1-5-22(28)25-20-13-6-17(7-14-20)8-15-23(29)26-21(16-27)18-9-11-19(12-10-18)24(2,3)4/h5-7,9-14,21,27H,1,8,15-16H2,2-4H3,(H,25,28)(H,26,29). The van der Waals surface area contributed by atoms with Gasteiger partial charge in [-0.2, -0.15) is 0 Å². The van der Waals surface area contributed by atoms with Crippen LogP contribution in [0, 0.1) is 0 Å². The molecule has 1 atom stereocenters. The first-order valence-corrected chi connectivity index (χ1v) is 9.76. The summed E-state index contributed by atoms with van der Waals surface area (Å²) in [6.45, 7) is 9.70. The van der Waals surface area contributed by atoms with Gasteiger partial charge in [0.1, 0.15) is 0 Å². The summed E-state index contributed by atoms with van der Waals surface area (Å²) in [5.74, 6) is -0.379. The number of anilines is 1. The Bertz CT molecular complexity index is 834. The Hall–Kier alpha value is -2.92. The number of aliphatic hydroxyl groups is 1. The van der Waals surface area contributed by atoms with E-state index >= 15 is 0 Å². The monoisotopic (exact) mass is 394 g/mol. The third kappa shape index (κ3) is 6.88. The lowest BCUT2D eigenvalue weighted by Gasteiger charge is -2.21. The molecule has 2 amide bonds. The summed E-state index contributed by atoms with van der Waals surface area (Å²) in [5, 5.41) is 15.3. The molecule has 0 saturated carbocycles. The number of carbonyl (C=O) groups is 2. The van der Waals surface area contributed by atoms with Crippen LogP contribution in [0.25, 0.3) is 0 Å². The van der Waals surface area contributed by atoms with E-state index in [1.807, 2.05) is 36.4 Å². The number of hydrogen-bond donors (Lipinski definition) is 3. The van der Waals surface area contributed by atoms with Crippen molar-refractivity contribution in [3.8, 4) is 0 Å². The third-order valence-corrected chi connectivity index (χ3v) is 4.74. The van der Waals surface area contributed by atoms with Crippen molar-refractivity contribution in [3.63, 3.8) is 0 Å². The molecule has 2 aromatic carbocycles. The SMILES string of the molecule is C=CC(=O)Nc1ccc(CCC(=O)NC(CO)c2ccc(C(C)(C)C)cc2)cc1. The zero-order valence-electron chi connectivity index (χ0n) is 17.4. The third-order valence-electron chi connectivity index (χ3n) is 4.74. The number of hydrogen-bond acceptors (Lipinski definition) is 3. The van der Waals surface area contributed by atoms with E-state index < -0.39 is 6.04 Å². The summed E-state index contributed by atoms with van der Waals surface area (Å²) in [6.07, 6.45) is 2.10. The summed E-state index contributed by atoms with van der Waals surface area (Å²) in [5.41, 5.74) is 3.82. The summed E-state index contributed by atoms with van der Waals surface area (Å²) in [4.78, 5) is 23.6. The molecular formula is C24H30N2O3. The molecular weight excluding hydrogens is 364 g/mol. The van der Waals surface area contributed by atoms with Gasteiger partial charge in [-0.05, 0) is 46.7 Å². The van der Waals surface area contributed by atoms with E-state index in [-0.39, 0.29) is 23.8 Å². The highest BCUT2D eigenvalue weighted by atomic mass is 16.3. The summed E-state index contributed by atoms with van der Waals surface area (Å²) >= 11 is 0. The Morgan fingerprint density at radius 2 is 1.69 bits per heavy atom. The average Bonchev–Trinajstić information content (AvgIpc) is 2.71. The van der Waals surface area contributed by atoms with Crippen LogP contribution in [0.15, 0.2) is 61.2 Å². The van der Waals surface area contributed by atoms with Crippen molar-refractivity contribution in [1.29, 1.82) is 0 Å². The van der Waals surface area contributed by atoms with Crippen molar-refractivity contribution in [3.05, 3.63) is 77.9 Å². The fraction of sp³-hybridized carbons (Fsp3) is 0.333. The lowest BCUT2D eigenvalue weighted by molar-refractivity contribution is -0.122. The Morgan fingerprint density at radius 1 is 1.07 bits per heavy atom. The molecule has 2 rings (SSSR count). The molecule has 0 fully saturated rings. The molecule has 0 radical (unpaired) electrons. The number of aryl methyl sites for hydroxylation is 1. The average molecular weight is 395 g/mol. The van der Waals surface area contributed by atoms with Crippen molar-refractivity contribution in [1.82, 2.24) is 5.32 Å². The van der Waals surface area contributed by atoms with Gasteiger partial charge in [-0.25, -0.2) is 0 Å². The first-order valence-electron chi connectivity index (χ1n) is 9.76. The van der Waals surface area contributed by atoms with Gasteiger partial charge in [0.15, 0.2) is 0 Å². The maximum atomic E-state index is 12.3. The minimum Gasteiger partial charge on any atom is -0.394 e. The van der Waals surface area contributed by atoms with E-state index in [9.17, 15) is 14.7 Å². The molecule has 0 aliphatic rings. The Morgan fingerprint density at radius 3 is 2.21 bits per heavy atom. The van der Waals surface area contributed by atoms with Crippen LogP contribution < -0.4 is 10.6 Å². The predicted octanol–water partition coefficient (Wildman–Crippen LogP) is 3.89. The number of benzene rings is 2. The normalized spacial score (nSPS) is 12.1. The van der Waals surface area contributed by atoms with Crippen LogP contribution >= 0.6 is 0 Å². The van der Waals surface area contributed by atoms with E-state index in [4.69, 9.17) is 0 Å². The highest BCUT2D eigenvalue weighted by Gasteiger charge is 2.17. The number of carbonyl (C=O) groups excluding carboxylic acids is 2. The van der Waals surface area contributed by atoms with E-state index in [0.29, 0.717) is 18.5 Å². The summed E-state index contributed by atoms with van der Waals surface area (Å²) in [6, 6.07) is 14.9. The van der Waals surface area contributed by atoms with Gasteiger partial charge in [-0.3, -0.25) is 9.59 Å².